The molecule has 1 fully saturated rings. The molecule has 16 heavy (non-hydrogen) atoms. The molecule has 0 radical (unpaired) electrons. The monoisotopic (exact) mass is 240 g/mol. The Morgan fingerprint density at radius 1 is 1.38 bits per heavy atom. The lowest BCUT2D eigenvalue weighted by Gasteiger charge is -2.28. The molecular weight excluding hydrogens is 220 g/mol. The molecule has 1 heterocycles. The van der Waals surface area contributed by atoms with E-state index in [4.69, 9.17) is 5.73 Å². The lowest BCUT2D eigenvalue weighted by Crippen LogP contribution is -2.35. The minimum absolute atomic E-state index is 0. The van der Waals surface area contributed by atoms with Gasteiger partial charge < -0.3 is 10.6 Å². The van der Waals surface area contributed by atoms with Crippen LogP contribution in [0.25, 0.3) is 0 Å². The summed E-state index contributed by atoms with van der Waals surface area (Å²) in [5.74, 6) is 0. The summed E-state index contributed by atoms with van der Waals surface area (Å²) >= 11 is 0. The topological polar surface area (TPSA) is 29.3 Å². The van der Waals surface area contributed by atoms with Crippen LogP contribution in [0.2, 0.25) is 0 Å². The van der Waals surface area contributed by atoms with Crippen LogP contribution in [0.15, 0.2) is 18.2 Å². The third-order valence-electron chi connectivity index (χ3n) is 3.53. The normalized spacial score (nSPS) is 19.7. The predicted molar refractivity (Wildman–Crippen MR) is 72.6 cm³/mol. The molecule has 0 spiro atoms. The van der Waals surface area contributed by atoms with Crippen LogP contribution in [0, 0.1) is 13.8 Å². The third-order valence-corrected chi connectivity index (χ3v) is 3.53. The van der Waals surface area contributed by atoms with E-state index in [0.717, 1.165) is 13.1 Å². The predicted octanol–water partition coefficient (Wildman–Crippen LogP) is 2.65. The molecule has 1 aromatic carbocycles. The standard InChI is InChI=1S/C13H20N2.ClH/c1-10-5-3-7-13(11(10)2)15-8-4-6-12(15)9-14;/h3,5,7,12H,4,6,8-9,14H2,1-2H3;1H. The molecule has 1 aromatic rings. The maximum atomic E-state index is 5.81. The van der Waals surface area contributed by atoms with Crippen LogP contribution in [0.5, 0.6) is 0 Å². The summed E-state index contributed by atoms with van der Waals surface area (Å²) in [6, 6.07) is 7.08. The van der Waals surface area contributed by atoms with E-state index in [1.165, 1.54) is 29.7 Å². The van der Waals surface area contributed by atoms with Gasteiger partial charge in [-0.15, -0.1) is 12.4 Å². The van der Waals surface area contributed by atoms with Crippen LogP contribution in [-0.2, 0) is 0 Å². The Bertz CT molecular complexity index is 352. The van der Waals surface area contributed by atoms with Crippen molar-refractivity contribution in [3.8, 4) is 0 Å². The largest absolute Gasteiger partial charge is 0.367 e. The first-order valence-electron chi connectivity index (χ1n) is 5.77. The van der Waals surface area contributed by atoms with Gasteiger partial charge >= 0.3 is 0 Å². The highest BCUT2D eigenvalue weighted by atomic mass is 35.5. The van der Waals surface area contributed by atoms with Gasteiger partial charge in [0.05, 0.1) is 0 Å². The van der Waals surface area contributed by atoms with Crippen molar-refractivity contribution in [1.29, 1.82) is 0 Å². The van der Waals surface area contributed by atoms with Crippen LogP contribution >= 0.6 is 12.4 Å². The summed E-state index contributed by atoms with van der Waals surface area (Å²) in [4.78, 5) is 2.47. The maximum absolute atomic E-state index is 5.81. The van der Waals surface area contributed by atoms with E-state index in [-0.39, 0.29) is 12.4 Å². The molecule has 0 aromatic heterocycles. The first-order valence-corrected chi connectivity index (χ1v) is 5.77. The number of hydrogen-bond donors (Lipinski definition) is 1. The van der Waals surface area contributed by atoms with Crippen LogP contribution < -0.4 is 10.6 Å². The second kappa shape index (κ2) is 5.55. The zero-order chi connectivity index (χ0) is 10.8. The van der Waals surface area contributed by atoms with E-state index in [2.05, 4.69) is 36.9 Å². The van der Waals surface area contributed by atoms with Crippen molar-refractivity contribution in [3.63, 3.8) is 0 Å². The molecule has 1 aliphatic rings. The van der Waals surface area contributed by atoms with E-state index < -0.39 is 0 Å². The molecule has 3 heteroatoms. The van der Waals surface area contributed by atoms with Crippen molar-refractivity contribution < 1.29 is 0 Å². The number of nitrogens with zero attached hydrogens (tertiary/aromatic N) is 1. The molecule has 1 unspecified atom stereocenters. The highest BCUT2D eigenvalue weighted by Crippen LogP contribution is 2.29. The van der Waals surface area contributed by atoms with Crippen LogP contribution in [0.3, 0.4) is 0 Å². The first-order chi connectivity index (χ1) is 7.24. The molecule has 90 valence electrons. The Kier molecular flexibility index (Phi) is 4.63. The second-order valence-corrected chi connectivity index (χ2v) is 4.44. The lowest BCUT2D eigenvalue weighted by atomic mass is 10.1. The molecule has 2 N–H and O–H groups in total. The Hall–Kier alpha value is -0.730. The minimum atomic E-state index is 0. The highest BCUT2D eigenvalue weighted by molar-refractivity contribution is 5.85. The van der Waals surface area contributed by atoms with Gasteiger partial charge in [-0.2, -0.15) is 0 Å². The fraction of sp³-hybridized carbons (Fsp3) is 0.538. The van der Waals surface area contributed by atoms with Crippen LogP contribution in [0.4, 0.5) is 5.69 Å². The molecule has 0 bridgehead atoms. The van der Waals surface area contributed by atoms with Gasteiger partial charge in [0, 0.05) is 24.8 Å². The van der Waals surface area contributed by atoms with Gasteiger partial charge in [0.25, 0.3) is 0 Å². The van der Waals surface area contributed by atoms with Crippen molar-refractivity contribution >= 4 is 18.1 Å². The van der Waals surface area contributed by atoms with E-state index in [9.17, 15) is 0 Å². The number of nitrogens with two attached hydrogens (primary N) is 1. The molecule has 0 saturated carbocycles. The minimum Gasteiger partial charge on any atom is -0.367 e. The summed E-state index contributed by atoms with van der Waals surface area (Å²) in [7, 11) is 0. The summed E-state index contributed by atoms with van der Waals surface area (Å²) in [5, 5.41) is 0. The second-order valence-electron chi connectivity index (χ2n) is 4.44. The molecule has 2 rings (SSSR count). The van der Waals surface area contributed by atoms with E-state index in [1.807, 2.05) is 0 Å². The Morgan fingerprint density at radius 2 is 2.12 bits per heavy atom. The summed E-state index contributed by atoms with van der Waals surface area (Å²) in [5.41, 5.74) is 9.96. The van der Waals surface area contributed by atoms with Gasteiger partial charge in [-0.1, -0.05) is 12.1 Å². The van der Waals surface area contributed by atoms with Gasteiger partial charge in [0.1, 0.15) is 0 Å². The smallest absolute Gasteiger partial charge is 0.0413 e. The molecule has 0 aliphatic carbocycles. The van der Waals surface area contributed by atoms with Crippen molar-refractivity contribution in [2.24, 2.45) is 5.73 Å². The number of aryl methyl sites for hydroxylation is 1. The van der Waals surface area contributed by atoms with Gasteiger partial charge in [-0.3, -0.25) is 0 Å². The fourth-order valence-corrected chi connectivity index (χ4v) is 2.44. The van der Waals surface area contributed by atoms with E-state index >= 15 is 0 Å². The van der Waals surface area contributed by atoms with Crippen LogP contribution in [0.1, 0.15) is 24.0 Å². The van der Waals surface area contributed by atoms with Gasteiger partial charge in [-0.25, -0.2) is 0 Å². The first kappa shape index (κ1) is 13.3. The third kappa shape index (κ3) is 2.33. The molecule has 1 atom stereocenters. The Balaban J connectivity index is 0.00000128. The van der Waals surface area contributed by atoms with Crippen molar-refractivity contribution in [2.45, 2.75) is 32.7 Å². The van der Waals surface area contributed by atoms with E-state index in [0.29, 0.717) is 6.04 Å². The quantitative estimate of drug-likeness (QED) is 0.861. The summed E-state index contributed by atoms with van der Waals surface area (Å²) in [6.45, 7) is 6.31. The number of hydrogen-bond acceptors (Lipinski definition) is 2. The summed E-state index contributed by atoms with van der Waals surface area (Å²) in [6.07, 6.45) is 2.51. The number of halogens is 1. The molecule has 2 nitrogen and oxygen atoms in total. The van der Waals surface area contributed by atoms with Gasteiger partial charge in [0.15, 0.2) is 0 Å². The molecule has 1 aliphatic heterocycles. The van der Waals surface area contributed by atoms with Gasteiger partial charge in [-0.05, 0) is 43.9 Å². The Morgan fingerprint density at radius 3 is 2.81 bits per heavy atom. The van der Waals surface area contributed by atoms with Gasteiger partial charge in [0.2, 0.25) is 0 Å². The molecule has 0 amide bonds. The average molecular weight is 241 g/mol. The van der Waals surface area contributed by atoms with E-state index in [1.54, 1.807) is 0 Å². The lowest BCUT2D eigenvalue weighted by molar-refractivity contribution is 0.676. The zero-order valence-electron chi connectivity index (χ0n) is 10.1. The number of rotatable bonds is 2. The average Bonchev–Trinajstić information content (AvgIpc) is 2.70. The highest BCUT2D eigenvalue weighted by Gasteiger charge is 2.24. The van der Waals surface area contributed by atoms with Crippen molar-refractivity contribution in [3.05, 3.63) is 29.3 Å². The number of anilines is 1. The van der Waals surface area contributed by atoms with Crippen LogP contribution in [-0.4, -0.2) is 19.1 Å². The molecule has 1 saturated heterocycles. The number of benzene rings is 1. The Labute approximate surface area is 104 Å². The SMILES string of the molecule is Cc1cccc(N2CCCC2CN)c1C.Cl. The zero-order valence-corrected chi connectivity index (χ0v) is 10.9. The van der Waals surface area contributed by atoms with Crippen molar-refractivity contribution in [2.75, 3.05) is 18.0 Å². The fourth-order valence-electron chi connectivity index (χ4n) is 2.44. The summed E-state index contributed by atoms with van der Waals surface area (Å²) < 4.78 is 0. The maximum Gasteiger partial charge on any atom is 0.0413 e. The van der Waals surface area contributed by atoms with Crippen molar-refractivity contribution in [1.82, 2.24) is 0 Å². The molecular formula is C13H21ClN2.